The van der Waals surface area contributed by atoms with Crippen molar-refractivity contribution >= 4 is 40.0 Å². The van der Waals surface area contributed by atoms with Gasteiger partial charge >= 0.3 is 0 Å². The molecule has 2 N–H and O–H groups in total. The highest BCUT2D eigenvalue weighted by Crippen LogP contribution is 2.17. The van der Waals surface area contributed by atoms with E-state index in [1.54, 1.807) is 0 Å². The first-order chi connectivity index (χ1) is 13.4. The Hall–Kier alpha value is -0.910. The summed E-state index contributed by atoms with van der Waals surface area (Å²) < 4.78 is 32.3. The summed E-state index contributed by atoms with van der Waals surface area (Å²) >= 11 is 0. The van der Waals surface area contributed by atoms with Crippen molar-refractivity contribution in [2.24, 2.45) is 10.9 Å². The third-order valence-corrected chi connectivity index (χ3v) is 6.41. The second-order valence-electron chi connectivity index (χ2n) is 7.34. The van der Waals surface area contributed by atoms with Gasteiger partial charge in [-0.25, -0.2) is 13.4 Å². The van der Waals surface area contributed by atoms with Gasteiger partial charge in [0, 0.05) is 26.2 Å². The number of nitrogens with zero attached hydrogens (tertiary/aromatic N) is 2. The van der Waals surface area contributed by atoms with Crippen molar-refractivity contribution in [2.45, 2.75) is 39.5 Å². The number of morpholine rings is 1. The lowest BCUT2D eigenvalue weighted by atomic mass is 10.1. The lowest BCUT2D eigenvalue weighted by Crippen LogP contribution is -2.41. The Morgan fingerprint density at radius 3 is 2.45 bits per heavy atom. The number of rotatable bonds is 9. The van der Waals surface area contributed by atoms with Gasteiger partial charge in [0.05, 0.1) is 25.5 Å². The van der Waals surface area contributed by atoms with Gasteiger partial charge in [-0.05, 0) is 30.4 Å². The largest absolute Gasteiger partial charge is 0.379 e. The molecule has 0 saturated carbocycles. The van der Waals surface area contributed by atoms with Crippen molar-refractivity contribution < 1.29 is 13.2 Å². The van der Waals surface area contributed by atoms with E-state index in [1.807, 2.05) is 31.2 Å². The Kier molecular flexibility index (Phi) is 12.1. The van der Waals surface area contributed by atoms with E-state index in [-0.39, 0.29) is 29.7 Å². The summed E-state index contributed by atoms with van der Waals surface area (Å²) in [7, 11) is -3.36. The average molecular weight is 538 g/mol. The molecular weight excluding hydrogens is 503 g/mol. The monoisotopic (exact) mass is 538 g/mol. The average Bonchev–Trinajstić information content (AvgIpc) is 2.67. The number of hydrogen-bond donors (Lipinski definition) is 2. The van der Waals surface area contributed by atoms with E-state index >= 15 is 0 Å². The van der Waals surface area contributed by atoms with Gasteiger partial charge in [-0.3, -0.25) is 0 Å². The van der Waals surface area contributed by atoms with E-state index in [4.69, 9.17) is 4.74 Å². The Balaban J connectivity index is 0.00000420. The van der Waals surface area contributed by atoms with Crippen molar-refractivity contribution in [2.75, 3.05) is 39.4 Å². The second-order valence-corrected chi connectivity index (χ2v) is 9.31. The normalized spacial score (nSPS) is 15.8. The van der Waals surface area contributed by atoms with Gasteiger partial charge in [-0.15, -0.1) is 24.0 Å². The number of guanidine groups is 1. The molecule has 2 rings (SSSR count). The molecule has 0 aliphatic carbocycles. The summed E-state index contributed by atoms with van der Waals surface area (Å²) in [5.74, 6) is 1.38. The van der Waals surface area contributed by atoms with Crippen molar-refractivity contribution in [3.63, 3.8) is 0 Å². The van der Waals surface area contributed by atoms with Gasteiger partial charge in [-0.1, -0.05) is 38.1 Å². The highest BCUT2D eigenvalue weighted by molar-refractivity contribution is 14.0. The Labute approximate surface area is 192 Å². The van der Waals surface area contributed by atoms with Crippen LogP contribution in [0.4, 0.5) is 0 Å². The summed E-state index contributed by atoms with van der Waals surface area (Å²) in [5, 5.41) is 6.58. The van der Waals surface area contributed by atoms with Crippen LogP contribution in [-0.2, 0) is 27.1 Å². The molecule has 166 valence electrons. The maximum absolute atomic E-state index is 12.8. The van der Waals surface area contributed by atoms with Crippen LogP contribution in [0, 0.1) is 5.92 Å². The van der Waals surface area contributed by atoms with Crippen molar-refractivity contribution in [1.29, 1.82) is 0 Å². The zero-order valence-electron chi connectivity index (χ0n) is 17.7. The van der Waals surface area contributed by atoms with Crippen LogP contribution >= 0.6 is 24.0 Å². The van der Waals surface area contributed by atoms with Crippen molar-refractivity contribution in [3.05, 3.63) is 35.4 Å². The summed E-state index contributed by atoms with van der Waals surface area (Å²) in [5.41, 5.74) is 1.73. The molecule has 0 amide bonds. The van der Waals surface area contributed by atoms with Crippen LogP contribution in [-0.4, -0.2) is 58.1 Å². The van der Waals surface area contributed by atoms with Crippen molar-refractivity contribution in [1.82, 2.24) is 14.9 Å². The number of benzene rings is 1. The molecule has 0 aromatic heterocycles. The van der Waals surface area contributed by atoms with Crippen LogP contribution in [0.15, 0.2) is 29.3 Å². The molecule has 1 aromatic carbocycles. The minimum Gasteiger partial charge on any atom is -0.379 e. The molecule has 0 bridgehead atoms. The van der Waals surface area contributed by atoms with Gasteiger partial charge in [0.1, 0.15) is 0 Å². The van der Waals surface area contributed by atoms with Crippen LogP contribution in [0.1, 0.15) is 38.3 Å². The molecule has 0 spiro atoms. The molecule has 7 nitrogen and oxygen atoms in total. The van der Waals surface area contributed by atoms with E-state index in [0.29, 0.717) is 38.8 Å². The fourth-order valence-corrected chi connectivity index (χ4v) is 4.51. The van der Waals surface area contributed by atoms with E-state index in [2.05, 4.69) is 29.5 Å². The molecule has 1 saturated heterocycles. The molecule has 1 fully saturated rings. The maximum atomic E-state index is 12.8. The minimum absolute atomic E-state index is 0. The van der Waals surface area contributed by atoms with Crippen LogP contribution < -0.4 is 10.6 Å². The molecule has 0 atom stereocenters. The van der Waals surface area contributed by atoms with Crippen molar-refractivity contribution in [3.8, 4) is 0 Å². The molecular formula is C20H35IN4O3S. The number of nitrogens with one attached hydrogen (secondary N) is 2. The van der Waals surface area contributed by atoms with Gasteiger partial charge in [0.2, 0.25) is 10.0 Å². The lowest BCUT2D eigenvalue weighted by Gasteiger charge is -2.26. The lowest BCUT2D eigenvalue weighted by molar-refractivity contribution is 0.0729. The topological polar surface area (TPSA) is 83.0 Å². The number of halogens is 1. The molecule has 1 aromatic rings. The highest BCUT2D eigenvalue weighted by atomic mass is 127. The second kappa shape index (κ2) is 13.4. The van der Waals surface area contributed by atoms with Crippen LogP contribution in [0.25, 0.3) is 0 Å². The number of hydrogen-bond acceptors (Lipinski definition) is 4. The number of ether oxygens (including phenoxy) is 1. The summed E-state index contributed by atoms with van der Waals surface area (Å²) in [4.78, 5) is 4.65. The predicted octanol–water partition coefficient (Wildman–Crippen LogP) is 2.57. The third-order valence-electron chi connectivity index (χ3n) is 4.59. The van der Waals surface area contributed by atoms with Gasteiger partial charge < -0.3 is 15.4 Å². The Bertz CT molecular complexity index is 735. The molecule has 1 aliphatic heterocycles. The molecule has 0 radical (unpaired) electrons. The highest BCUT2D eigenvalue weighted by Gasteiger charge is 2.25. The maximum Gasteiger partial charge on any atom is 0.218 e. The van der Waals surface area contributed by atoms with Crippen LogP contribution in [0.5, 0.6) is 0 Å². The van der Waals surface area contributed by atoms with Gasteiger partial charge in [0.25, 0.3) is 0 Å². The molecule has 1 aliphatic rings. The number of sulfonamides is 1. The Morgan fingerprint density at radius 1 is 1.17 bits per heavy atom. The predicted molar refractivity (Wildman–Crippen MR) is 129 cm³/mol. The fourth-order valence-electron chi connectivity index (χ4n) is 2.95. The zero-order valence-corrected chi connectivity index (χ0v) is 20.8. The molecule has 29 heavy (non-hydrogen) atoms. The molecule has 1 heterocycles. The minimum atomic E-state index is -3.36. The molecule has 9 heteroatoms. The standard InChI is InChI=1S/C20H34N4O3S.HI/c1-4-21-20(22-10-9-17(2)3)23-15-18-7-5-6-8-19(18)16-28(25,26)24-11-13-27-14-12-24;/h5-8,17H,4,9-16H2,1-3H3,(H2,21,22,23);1H. The van der Waals surface area contributed by atoms with Crippen LogP contribution in [0.3, 0.4) is 0 Å². The Morgan fingerprint density at radius 2 is 1.83 bits per heavy atom. The summed E-state index contributed by atoms with van der Waals surface area (Å²) in [6, 6.07) is 7.63. The summed E-state index contributed by atoms with van der Waals surface area (Å²) in [6.07, 6.45) is 1.07. The smallest absolute Gasteiger partial charge is 0.218 e. The SMILES string of the molecule is CCNC(=NCc1ccccc1CS(=O)(=O)N1CCOCC1)NCCC(C)C.I. The van der Waals surface area contributed by atoms with E-state index < -0.39 is 10.0 Å². The first-order valence-electron chi connectivity index (χ1n) is 10.1. The fraction of sp³-hybridized carbons (Fsp3) is 0.650. The molecule has 0 unspecified atom stereocenters. The zero-order chi connectivity index (χ0) is 20.4. The van der Waals surface area contributed by atoms with E-state index in [1.165, 1.54) is 4.31 Å². The number of aliphatic imine (C=N–C) groups is 1. The van der Waals surface area contributed by atoms with Gasteiger partial charge in [-0.2, -0.15) is 4.31 Å². The van der Waals surface area contributed by atoms with E-state index in [0.717, 1.165) is 36.6 Å². The summed E-state index contributed by atoms with van der Waals surface area (Å²) in [6.45, 7) is 10.2. The third kappa shape index (κ3) is 9.18. The van der Waals surface area contributed by atoms with Gasteiger partial charge in [0.15, 0.2) is 5.96 Å². The quantitative estimate of drug-likeness (QED) is 0.287. The first kappa shape index (κ1) is 26.1. The van der Waals surface area contributed by atoms with E-state index in [9.17, 15) is 8.42 Å². The first-order valence-corrected chi connectivity index (χ1v) is 11.7. The van der Waals surface area contributed by atoms with Crippen LogP contribution in [0.2, 0.25) is 0 Å².